The molecule has 0 radical (unpaired) electrons. The van der Waals surface area contributed by atoms with Gasteiger partial charge in [0.25, 0.3) is 5.91 Å². The van der Waals surface area contributed by atoms with E-state index in [1.54, 1.807) is 44.4 Å². The Hall–Kier alpha value is -2.75. The molecule has 32 heavy (non-hydrogen) atoms. The number of nitrogens with zero attached hydrogens (tertiary/aromatic N) is 3. The summed E-state index contributed by atoms with van der Waals surface area (Å²) in [5.74, 6) is -1.11. The van der Waals surface area contributed by atoms with Crippen LogP contribution < -0.4 is 10.6 Å². The van der Waals surface area contributed by atoms with Crippen LogP contribution in [0.25, 0.3) is 6.08 Å². The number of benzene rings is 1. The highest BCUT2D eigenvalue weighted by atomic mass is 35.5. The largest absolute Gasteiger partial charge is 0.350 e. The highest BCUT2D eigenvalue weighted by molar-refractivity contribution is 7.13. The van der Waals surface area contributed by atoms with Crippen molar-refractivity contribution < 1.29 is 14.4 Å². The first kappa shape index (κ1) is 23.9. The number of hydrogen-bond acceptors (Lipinski definition) is 6. The second-order valence-corrected chi connectivity index (χ2v) is 9.29. The maximum Gasteiger partial charge on any atom is 0.280 e. The van der Waals surface area contributed by atoms with E-state index in [-0.39, 0.29) is 18.4 Å². The van der Waals surface area contributed by atoms with Crippen LogP contribution in [-0.2, 0) is 22.6 Å². The van der Waals surface area contributed by atoms with Crippen molar-refractivity contribution in [2.75, 3.05) is 34.2 Å². The van der Waals surface area contributed by atoms with Crippen molar-refractivity contribution in [2.24, 2.45) is 0 Å². The molecule has 1 atom stereocenters. The van der Waals surface area contributed by atoms with E-state index in [4.69, 9.17) is 11.6 Å². The Kier molecular flexibility index (Phi) is 8.00. The van der Waals surface area contributed by atoms with Gasteiger partial charge < -0.3 is 20.4 Å². The van der Waals surface area contributed by atoms with Crippen molar-refractivity contribution in [3.05, 3.63) is 56.5 Å². The highest BCUT2D eigenvalue weighted by Gasteiger charge is 2.26. The summed E-state index contributed by atoms with van der Waals surface area (Å²) in [6.07, 6.45) is 3.81. The zero-order chi connectivity index (χ0) is 23.3. The minimum atomic E-state index is -0.908. The van der Waals surface area contributed by atoms with E-state index in [0.717, 1.165) is 35.6 Å². The third-order valence-corrected chi connectivity index (χ3v) is 6.27. The molecule has 0 aliphatic carbocycles. The Balaban J connectivity index is 1.62. The molecule has 10 heteroatoms. The quantitative estimate of drug-likeness (QED) is 0.595. The van der Waals surface area contributed by atoms with Crippen LogP contribution in [0.4, 0.5) is 0 Å². The van der Waals surface area contributed by atoms with Gasteiger partial charge >= 0.3 is 0 Å². The van der Waals surface area contributed by atoms with Gasteiger partial charge in [0.2, 0.25) is 11.8 Å². The first-order valence-electron chi connectivity index (χ1n) is 10.1. The molecule has 1 aliphatic rings. The molecule has 3 amide bonds. The van der Waals surface area contributed by atoms with Crippen molar-refractivity contribution in [3.63, 3.8) is 0 Å². The molecule has 2 heterocycles. The monoisotopic (exact) mass is 475 g/mol. The van der Waals surface area contributed by atoms with Crippen molar-refractivity contribution in [1.29, 1.82) is 0 Å². The van der Waals surface area contributed by atoms with Gasteiger partial charge in [-0.15, -0.1) is 11.3 Å². The Morgan fingerprint density at radius 1 is 1.28 bits per heavy atom. The summed E-state index contributed by atoms with van der Waals surface area (Å²) < 4.78 is 0. The number of thiazole rings is 1. The summed E-state index contributed by atoms with van der Waals surface area (Å²) in [6.45, 7) is 1.62. The number of hydrogen-bond donors (Lipinski definition) is 2. The van der Waals surface area contributed by atoms with Gasteiger partial charge in [0.05, 0.1) is 5.69 Å². The Morgan fingerprint density at radius 2 is 2.00 bits per heavy atom. The van der Waals surface area contributed by atoms with E-state index in [2.05, 4.69) is 20.5 Å². The van der Waals surface area contributed by atoms with Gasteiger partial charge in [-0.1, -0.05) is 23.7 Å². The number of aromatic nitrogens is 1. The fourth-order valence-corrected chi connectivity index (χ4v) is 4.38. The lowest BCUT2D eigenvalue weighted by Gasteiger charge is -2.21. The predicted molar refractivity (Wildman–Crippen MR) is 126 cm³/mol. The second kappa shape index (κ2) is 10.7. The van der Waals surface area contributed by atoms with Gasteiger partial charge in [-0.3, -0.25) is 14.4 Å². The summed E-state index contributed by atoms with van der Waals surface area (Å²) in [5, 5.41) is 6.34. The van der Waals surface area contributed by atoms with E-state index >= 15 is 0 Å². The van der Waals surface area contributed by atoms with E-state index < -0.39 is 11.9 Å². The number of halogens is 1. The zero-order valence-corrected chi connectivity index (χ0v) is 19.8. The summed E-state index contributed by atoms with van der Waals surface area (Å²) in [4.78, 5) is 46.7. The molecule has 8 nitrogen and oxygen atoms in total. The fraction of sp³-hybridized carbons (Fsp3) is 0.364. The number of rotatable bonds is 7. The van der Waals surface area contributed by atoms with Gasteiger partial charge in [0, 0.05) is 56.1 Å². The van der Waals surface area contributed by atoms with Crippen LogP contribution in [0.2, 0.25) is 5.02 Å². The van der Waals surface area contributed by atoms with Crippen molar-refractivity contribution in [3.8, 4) is 0 Å². The standard InChI is InChI=1S/C22H26ClN5O3S/c1-27(2)22(31)17(12-24-19(29)9-6-14-4-7-15(23)8-5-14)25-20(30)21-26-16-10-11-28(3)13-18(16)32-21/h4-9,17H,10-13H2,1-3H3,(H,24,29)(H,25,30). The molecule has 2 aromatic rings. The lowest BCUT2D eigenvalue weighted by molar-refractivity contribution is -0.130. The first-order chi connectivity index (χ1) is 15.2. The van der Waals surface area contributed by atoms with Gasteiger partial charge in [-0.2, -0.15) is 0 Å². The first-order valence-corrected chi connectivity index (χ1v) is 11.3. The molecular formula is C22H26ClN5O3S. The van der Waals surface area contributed by atoms with Crippen molar-refractivity contribution in [1.82, 2.24) is 25.4 Å². The summed E-state index contributed by atoms with van der Waals surface area (Å²) in [7, 11) is 5.22. The molecule has 1 aromatic carbocycles. The molecule has 0 bridgehead atoms. The highest BCUT2D eigenvalue weighted by Crippen LogP contribution is 2.24. The number of carbonyl (C=O) groups is 3. The lowest BCUT2D eigenvalue weighted by atomic mass is 10.2. The molecular weight excluding hydrogens is 450 g/mol. The zero-order valence-electron chi connectivity index (χ0n) is 18.2. The van der Waals surface area contributed by atoms with Crippen LogP contribution in [-0.4, -0.2) is 72.8 Å². The SMILES string of the molecule is CN1CCc2nc(C(=O)NC(CNC(=O)C=Cc3ccc(Cl)cc3)C(=O)N(C)C)sc2C1. The molecule has 2 N–H and O–H groups in total. The molecule has 0 saturated carbocycles. The van der Waals surface area contributed by atoms with Gasteiger partial charge in [-0.25, -0.2) is 4.98 Å². The van der Waals surface area contributed by atoms with Crippen LogP contribution in [0, 0.1) is 0 Å². The number of fused-ring (bicyclic) bond motifs is 1. The molecule has 170 valence electrons. The molecule has 0 saturated heterocycles. The van der Waals surface area contributed by atoms with Crippen LogP contribution in [0.5, 0.6) is 0 Å². The Bertz CT molecular complexity index is 1020. The normalized spacial score (nSPS) is 14.6. The van der Waals surface area contributed by atoms with Crippen LogP contribution in [0.3, 0.4) is 0 Å². The summed E-state index contributed by atoms with van der Waals surface area (Å²) >= 11 is 7.20. The van der Waals surface area contributed by atoms with Gasteiger partial charge in [-0.05, 0) is 30.8 Å². The number of likely N-dealkylation sites (N-methyl/N-ethyl adjacent to an activating group) is 2. The topological polar surface area (TPSA) is 94.6 Å². The molecule has 1 aromatic heterocycles. The summed E-state index contributed by atoms with van der Waals surface area (Å²) in [6, 6.07) is 6.13. The smallest absolute Gasteiger partial charge is 0.280 e. The summed E-state index contributed by atoms with van der Waals surface area (Å²) in [5.41, 5.74) is 1.76. The third-order valence-electron chi connectivity index (χ3n) is 4.94. The van der Waals surface area contributed by atoms with E-state index in [1.807, 2.05) is 7.05 Å². The number of nitrogens with one attached hydrogen (secondary N) is 2. The minimum Gasteiger partial charge on any atom is -0.350 e. The molecule has 0 spiro atoms. The van der Waals surface area contributed by atoms with Crippen LogP contribution >= 0.6 is 22.9 Å². The Morgan fingerprint density at radius 3 is 2.69 bits per heavy atom. The predicted octanol–water partition coefficient (Wildman–Crippen LogP) is 1.80. The van der Waals surface area contributed by atoms with E-state index in [1.165, 1.54) is 22.3 Å². The minimum absolute atomic E-state index is 0.0413. The van der Waals surface area contributed by atoms with Gasteiger partial charge in [0.15, 0.2) is 5.01 Å². The average Bonchev–Trinajstić information content (AvgIpc) is 3.18. The van der Waals surface area contributed by atoms with Gasteiger partial charge in [0.1, 0.15) is 6.04 Å². The van der Waals surface area contributed by atoms with Crippen molar-refractivity contribution in [2.45, 2.75) is 19.0 Å². The van der Waals surface area contributed by atoms with E-state index in [9.17, 15) is 14.4 Å². The third kappa shape index (κ3) is 6.38. The maximum absolute atomic E-state index is 12.8. The van der Waals surface area contributed by atoms with Crippen molar-refractivity contribution >= 4 is 46.7 Å². The number of amides is 3. The molecule has 3 rings (SSSR count). The lowest BCUT2D eigenvalue weighted by Crippen LogP contribution is -2.52. The second-order valence-electron chi connectivity index (χ2n) is 7.77. The Labute approximate surface area is 196 Å². The maximum atomic E-state index is 12.8. The molecule has 1 aliphatic heterocycles. The van der Waals surface area contributed by atoms with Crippen LogP contribution in [0.15, 0.2) is 30.3 Å². The number of carbonyl (C=O) groups excluding carboxylic acids is 3. The van der Waals surface area contributed by atoms with Crippen LogP contribution in [0.1, 0.15) is 25.9 Å². The van der Waals surface area contributed by atoms with E-state index in [0.29, 0.717) is 10.0 Å². The molecule has 0 fully saturated rings. The molecule has 1 unspecified atom stereocenters. The fourth-order valence-electron chi connectivity index (χ4n) is 3.16. The average molecular weight is 476 g/mol.